The summed E-state index contributed by atoms with van der Waals surface area (Å²) in [6.45, 7) is 5.33. The van der Waals surface area contributed by atoms with Crippen LogP contribution in [-0.2, 0) is 24.1 Å². The first-order valence-electron chi connectivity index (χ1n) is 11.3. The molecule has 0 saturated carbocycles. The van der Waals surface area contributed by atoms with Gasteiger partial charge >= 0.3 is 5.97 Å². The zero-order valence-corrected chi connectivity index (χ0v) is 19.7. The highest BCUT2D eigenvalue weighted by molar-refractivity contribution is 7.80. The van der Waals surface area contributed by atoms with E-state index >= 15 is 0 Å². The highest BCUT2D eigenvalue weighted by atomic mass is 32.1. The molecule has 2 aliphatic rings. The fourth-order valence-corrected chi connectivity index (χ4v) is 6.09. The summed E-state index contributed by atoms with van der Waals surface area (Å²) >= 11 is 7.28. The molecule has 1 saturated heterocycles. The van der Waals surface area contributed by atoms with Gasteiger partial charge in [0.15, 0.2) is 5.11 Å². The van der Waals surface area contributed by atoms with Gasteiger partial charge in [0, 0.05) is 30.6 Å². The van der Waals surface area contributed by atoms with Gasteiger partial charge in [-0.3, -0.25) is 4.90 Å². The molecule has 1 fully saturated rings. The Morgan fingerprint density at radius 1 is 1.19 bits per heavy atom. The predicted octanol–water partition coefficient (Wildman–Crippen LogP) is 4.75. The third kappa shape index (κ3) is 5.64. The molecule has 1 aliphatic heterocycles. The molecule has 0 spiro atoms. The second kappa shape index (κ2) is 10.6. The van der Waals surface area contributed by atoms with Gasteiger partial charge in [0.25, 0.3) is 0 Å². The average Bonchev–Trinajstić information content (AvgIpc) is 3.13. The van der Waals surface area contributed by atoms with Crippen LogP contribution in [0.3, 0.4) is 0 Å². The minimum absolute atomic E-state index is 0.235. The lowest BCUT2D eigenvalue weighted by Gasteiger charge is -2.33. The van der Waals surface area contributed by atoms with Crippen molar-refractivity contribution in [1.82, 2.24) is 10.2 Å². The standard InChI is InChI=1S/C24H31N3O2S2/c1-2-29-23(28)21-19-10-6-7-11-20(19)31-22(21)26-24(30)25-18-12-14-27(15-13-18)16-17-8-4-3-5-9-17/h3-5,8-9,18H,2,6-7,10-16H2,1H3,(H2,25,26,30). The van der Waals surface area contributed by atoms with E-state index in [1.807, 2.05) is 6.92 Å². The minimum Gasteiger partial charge on any atom is -0.462 e. The van der Waals surface area contributed by atoms with E-state index in [-0.39, 0.29) is 5.97 Å². The van der Waals surface area contributed by atoms with Crippen LogP contribution in [-0.4, -0.2) is 41.7 Å². The smallest absolute Gasteiger partial charge is 0.341 e. The van der Waals surface area contributed by atoms with E-state index < -0.39 is 0 Å². The molecule has 166 valence electrons. The summed E-state index contributed by atoms with van der Waals surface area (Å²) in [4.78, 5) is 16.4. The molecule has 5 nitrogen and oxygen atoms in total. The van der Waals surface area contributed by atoms with Crippen LogP contribution < -0.4 is 10.6 Å². The van der Waals surface area contributed by atoms with Crippen molar-refractivity contribution in [2.75, 3.05) is 25.0 Å². The number of nitrogens with zero attached hydrogens (tertiary/aromatic N) is 1. The molecule has 0 radical (unpaired) electrons. The molecular weight excluding hydrogens is 426 g/mol. The van der Waals surface area contributed by atoms with Crippen LogP contribution in [0.2, 0.25) is 0 Å². The van der Waals surface area contributed by atoms with Gasteiger partial charge in [-0.2, -0.15) is 0 Å². The molecule has 31 heavy (non-hydrogen) atoms. The number of thiophene rings is 1. The van der Waals surface area contributed by atoms with Gasteiger partial charge in [-0.05, 0) is 68.8 Å². The average molecular weight is 458 g/mol. The number of hydrogen-bond donors (Lipinski definition) is 2. The summed E-state index contributed by atoms with van der Waals surface area (Å²) in [7, 11) is 0. The Balaban J connectivity index is 1.33. The van der Waals surface area contributed by atoms with Gasteiger partial charge in [-0.1, -0.05) is 30.3 Å². The van der Waals surface area contributed by atoms with Crippen LogP contribution in [0.15, 0.2) is 30.3 Å². The number of nitrogens with one attached hydrogen (secondary N) is 2. The molecule has 7 heteroatoms. The topological polar surface area (TPSA) is 53.6 Å². The Hall–Kier alpha value is -1.96. The van der Waals surface area contributed by atoms with Crippen LogP contribution in [0.1, 0.15) is 59.0 Å². The van der Waals surface area contributed by atoms with Crippen LogP contribution in [0, 0.1) is 0 Å². The van der Waals surface area contributed by atoms with Crippen molar-refractivity contribution < 1.29 is 9.53 Å². The van der Waals surface area contributed by atoms with E-state index in [9.17, 15) is 4.79 Å². The number of carbonyl (C=O) groups excluding carboxylic acids is 1. The Kier molecular flexibility index (Phi) is 7.58. The summed E-state index contributed by atoms with van der Waals surface area (Å²) in [5.41, 5.74) is 3.22. The lowest BCUT2D eigenvalue weighted by atomic mass is 9.95. The van der Waals surface area contributed by atoms with Crippen LogP contribution in [0.4, 0.5) is 5.00 Å². The van der Waals surface area contributed by atoms with Crippen molar-refractivity contribution in [2.24, 2.45) is 0 Å². The number of aryl methyl sites for hydroxylation is 1. The van der Waals surface area contributed by atoms with Crippen molar-refractivity contribution in [1.29, 1.82) is 0 Å². The SMILES string of the molecule is CCOC(=O)c1c(NC(=S)NC2CCN(Cc3ccccc3)CC2)sc2c1CCCC2. The number of rotatable bonds is 6. The number of likely N-dealkylation sites (tertiary alicyclic amines) is 1. The molecular formula is C24H31N3O2S2. The van der Waals surface area contributed by atoms with E-state index in [1.54, 1.807) is 11.3 Å². The summed E-state index contributed by atoms with van der Waals surface area (Å²) in [5.74, 6) is -0.235. The van der Waals surface area contributed by atoms with Crippen molar-refractivity contribution in [2.45, 2.75) is 58.0 Å². The number of thiocarbonyl (C=S) groups is 1. The Labute approximate surface area is 194 Å². The summed E-state index contributed by atoms with van der Waals surface area (Å²) in [6.07, 6.45) is 6.40. The van der Waals surface area contributed by atoms with Gasteiger partial charge in [0.05, 0.1) is 12.2 Å². The Morgan fingerprint density at radius 3 is 2.68 bits per heavy atom. The van der Waals surface area contributed by atoms with Gasteiger partial charge in [-0.15, -0.1) is 11.3 Å². The number of ether oxygens (including phenoxy) is 1. The third-order valence-electron chi connectivity index (χ3n) is 6.05. The normalized spacial score (nSPS) is 17.1. The second-order valence-corrected chi connectivity index (χ2v) is 9.78. The largest absolute Gasteiger partial charge is 0.462 e. The quantitative estimate of drug-likeness (QED) is 0.482. The maximum absolute atomic E-state index is 12.6. The third-order valence-corrected chi connectivity index (χ3v) is 7.48. The lowest BCUT2D eigenvalue weighted by molar-refractivity contribution is 0.0526. The first-order chi connectivity index (χ1) is 15.1. The molecule has 2 aromatic rings. The van der Waals surface area contributed by atoms with Gasteiger partial charge in [0.2, 0.25) is 0 Å². The van der Waals surface area contributed by atoms with Crippen molar-refractivity contribution >= 4 is 39.6 Å². The molecule has 0 atom stereocenters. The second-order valence-electron chi connectivity index (χ2n) is 8.27. The molecule has 4 rings (SSSR count). The number of fused-ring (bicyclic) bond motifs is 1. The van der Waals surface area contributed by atoms with Crippen molar-refractivity contribution in [3.8, 4) is 0 Å². The molecule has 0 amide bonds. The number of carbonyl (C=O) groups is 1. The Morgan fingerprint density at radius 2 is 1.94 bits per heavy atom. The fraction of sp³-hybridized carbons (Fsp3) is 0.500. The molecule has 2 heterocycles. The van der Waals surface area contributed by atoms with Crippen molar-refractivity contribution in [3.63, 3.8) is 0 Å². The van der Waals surface area contributed by atoms with Gasteiger partial charge < -0.3 is 15.4 Å². The maximum Gasteiger partial charge on any atom is 0.341 e. The first-order valence-corrected chi connectivity index (χ1v) is 12.5. The predicted molar refractivity (Wildman–Crippen MR) is 131 cm³/mol. The van der Waals surface area contributed by atoms with Crippen LogP contribution in [0.5, 0.6) is 0 Å². The fourth-order valence-electron chi connectivity index (χ4n) is 4.47. The van der Waals surface area contributed by atoms with Gasteiger partial charge in [0.1, 0.15) is 5.00 Å². The van der Waals surface area contributed by atoms with E-state index in [2.05, 4.69) is 45.9 Å². The molecule has 0 unspecified atom stereocenters. The lowest BCUT2D eigenvalue weighted by Crippen LogP contribution is -2.45. The number of anilines is 1. The number of benzene rings is 1. The highest BCUT2D eigenvalue weighted by Gasteiger charge is 2.27. The van der Waals surface area contributed by atoms with Crippen LogP contribution >= 0.6 is 23.6 Å². The zero-order valence-electron chi connectivity index (χ0n) is 18.1. The van der Waals surface area contributed by atoms with E-state index in [0.29, 0.717) is 23.3 Å². The number of esters is 1. The summed E-state index contributed by atoms with van der Waals surface area (Å²) in [5, 5.41) is 8.25. The molecule has 1 aliphatic carbocycles. The monoisotopic (exact) mass is 457 g/mol. The van der Waals surface area contributed by atoms with E-state index in [4.69, 9.17) is 17.0 Å². The summed E-state index contributed by atoms with van der Waals surface area (Å²) < 4.78 is 5.34. The summed E-state index contributed by atoms with van der Waals surface area (Å²) in [6, 6.07) is 11.0. The van der Waals surface area contributed by atoms with Crippen LogP contribution in [0.25, 0.3) is 0 Å². The Bertz CT molecular complexity index is 905. The van der Waals surface area contributed by atoms with E-state index in [0.717, 1.165) is 62.3 Å². The first kappa shape index (κ1) is 22.2. The molecule has 1 aromatic heterocycles. The number of piperidine rings is 1. The molecule has 2 N–H and O–H groups in total. The zero-order chi connectivity index (χ0) is 21.6. The maximum atomic E-state index is 12.6. The molecule has 1 aromatic carbocycles. The molecule has 0 bridgehead atoms. The number of hydrogen-bond acceptors (Lipinski definition) is 5. The van der Waals surface area contributed by atoms with Crippen molar-refractivity contribution in [3.05, 3.63) is 51.9 Å². The van der Waals surface area contributed by atoms with Gasteiger partial charge in [-0.25, -0.2) is 4.79 Å². The van der Waals surface area contributed by atoms with E-state index in [1.165, 1.54) is 16.9 Å². The minimum atomic E-state index is -0.235. The highest BCUT2D eigenvalue weighted by Crippen LogP contribution is 2.38.